The fraction of sp³-hybridized carbons (Fsp3) is 0.720. The molecule has 0 bridgehead atoms. The summed E-state index contributed by atoms with van der Waals surface area (Å²) in [6, 6.07) is 6.73. The van der Waals surface area contributed by atoms with Gasteiger partial charge in [-0.1, -0.05) is 20.3 Å². The number of ether oxygens (including phenoxy) is 2. The van der Waals surface area contributed by atoms with Gasteiger partial charge in [-0.15, -0.1) is 0 Å². The molecule has 168 valence electrons. The number of halogens is 1. The van der Waals surface area contributed by atoms with Crippen LogP contribution in [0, 0.1) is 29.0 Å². The molecule has 0 aromatic heterocycles. The Labute approximate surface area is 183 Å². The van der Waals surface area contributed by atoms with E-state index in [0.717, 1.165) is 44.8 Å². The number of hydrogen-bond donors (Lipinski definition) is 0. The first kappa shape index (κ1) is 20.0. The molecule has 6 heteroatoms. The predicted octanol–water partition coefficient (Wildman–Crippen LogP) is 3.47. The van der Waals surface area contributed by atoms with Crippen LogP contribution in [0.5, 0.6) is 0 Å². The van der Waals surface area contributed by atoms with Crippen LogP contribution in [-0.2, 0) is 14.3 Å². The lowest BCUT2D eigenvalue weighted by atomic mass is 9.53. The topological polar surface area (TPSA) is 45.3 Å². The molecule has 31 heavy (non-hydrogen) atoms. The van der Waals surface area contributed by atoms with Crippen molar-refractivity contribution in [2.45, 2.75) is 57.3 Å². The average Bonchev–Trinajstić information content (AvgIpc) is 3.44. The Morgan fingerprint density at radius 3 is 2.65 bits per heavy atom. The zero-order valence-corrected chi connectivity index (χ0v) is 18.6. The lowest BCUT2D eigenvalue weighted by Crippen LogP contribution is -2.55. The van der Waals surface area contributed by atoms with E-state index < -0.39 is 0 Å². The Morgan fingerprint density at radius 2 is 1.90 bits per heavy atom. The van der Waals surface area contributed by atoms with Crippen molar-refractivity contribution >= 4 is 11.7 Å². The molecule has 1 spiro atoms. The zero-order valence-electron chi connectivity index (χ0n) is 18.6. The normalized spacial score (nSPS) is 44.3. The standard InChI is InChI=1S/C25H33FN2O3/c1-16-4-3-9-24(2)14-20-21(22-25(16,24)31-22)19(23(29)30-20)15-27-10-12-28(13-11-27)18-7-5-17(26)6-8-18/h5-8,16,19-22H,3-4,9-15H2,1-2H3/t16-,19?,20+,21+,22-,24+,25-/m0/s1. The molecule has 6 rings (SSSR count). The van der Waals surface area contributed by atoms with Crippen LogP contribution < -0.4 is 4.90 Å². The van der Waals surface area contributed by atoms with E-state index in [1.807, 2.05) is 12.1 Å². The summed E-state index contributed by atoms with van der Waals surface area (Å²) in [7, 11) is 0. The SMILES string of the molecule is C[C@H]1CCC[C@]2(C)C[C@H]3OC(=O)C(CN4CCN(c5ccc(F)cc5)CC4)[C@H]3[C@@H]3O[C@@]132. The van der Waals surface area contributed by atoms with Crippen molar-refractivity contribution in [2.24, 2.45) is 23.2 Å². The Kier molecular flexibility index (Phi) is 4.46. The van der Waals surface area contributed by atoms with E-state index in [4.69, 9.17) is 9.47 Å². The number of hydrogen-bond acceptors (Lipinski definition) is 5. The van der Waals surface area contributed by atoms with Crippen molar-refractivity contribution in [3.8, 4) is 0 Å². The molecule has 5 fully saturated rings. The van der Waals surface area contributed by atoms with Crippen LogP contribution in [0.3, 0.4) is 0 Å². The summed E-state index contributed by atoms with van der Waals surface area (Å²) in [6.45, 7) is 9.07. The Morgan fingerprint density at radius 1 is 1.16 bits per heavy atom. The third kappa shape index (κ3) is 2.90. The molecule has 0 amide bonds. The minimum atomic E-state index is -0.201. The summed E-state index contributed by atoms with van der Waals surface area (Å²) in [6.07, 6.45) is 4.83. The number of esters is 1. The molecule has 2 aliphatic carbocycles. The Hall–Kier alpha value is -1.66. The summed E-state index contributed by atoms with van der Waals surface area (Å²) >= 11 is 0. The molecule has 0 N–H and O–H groups in total. The number of anilines is 1. The Balaban J connectivity index is 1.14. The fourth-order valence-electron chi connectivity index (χ4n) is 7.56. The number of carbonyl (C=O) groups is 1. The summed E-state index contributed by atoms with van der Waals surface area (Å²) in [5.41, 5.74) is 1.18. The number of epoxide rings is 1. The maximum absolute atomic E-state index is 13.2. The second-order valence-electron chi connectivity index (χ2n) is 10.8. The van der Waals surface area contributed by atoms with E-state index in [-0.39, 0.29) is 46.8 Å². The van der Waals surface area contributed by atoms with Gasteiger partial charge in [-0.2, -0.15) is 0 Å². The van der Waals surface area contributed by atoms with Gasteiger partial charge in [0.15, 0.2) is 0 Å². The molecular formula is C25H33FN2O3. The van der Waals surface area contributed by atoms with E-state index in [2.05, 4.69) is 23.6 Å². The number of benzene rings is 1. The molecule has 5 aliphatic rings. The summed E-state index contributed by atoms with van der Waals surface area (Å²) < 4.78 is 25.8. The van der Waals surface area contributed by atoms with Crippen LogP contribution in [-0.4, -0.2) is 61.4 Å². The quantitative estimate of drug-likeness (QED) is 0.545. The number of nitrogens with zero attached hydrogens (tertiary/aromatic N) is 2. The van der Waals surface area contributed by atoms with E-state index in [1.54, 1.807) is 0 Å². The second kappa shape index (κ2) is 6.92. The van der Waals surface area contributed by atoms with Gasteiger partial charge in [0.2, 0.25) is 0 Å². The lowest BCUT2D eigenvalue weighted by molar-refractivity contribution is -0.146. The molecule has 0 radical (unpaired) electrons. The zero-order chi connectivity index (χ0) is 21.4. The van der Waals surface area contributed by atoms with Crippen LogP contribution in [0.1, 0.15) is 39.5 Å². The second-order valence-corrected chi connectivity index (χ2v) is 10.8. The molecule has 1 aromatic carbocycles. The third-order valence-corrected chi connectivity index (χ3v) is 9.21. The lowest BCUT2D eigenvalue weighted by Gasteiger charge is -2.49. The predicted molar refractivity (Wildman–Crippen MR) is 115 cm³/mol. The highest BCUT2D eigenvalue weighted by Gasteiger charge is 2.78. The first-order chi connectivity index (χ1) is 14.9. The van der Waals surface area contributed by atoms with Gasteiger partial charge in [0.25, 0.3) is 0 Å². The third-order valence-electron chi connectivity index (χ3n) is 9.21. The van der Waals surface area contributed by atoms with Crippen molar-refractivity contribution in [2.75, 3.05) is 37.6 Å². The minimum absolute atomic E-state index is 0.0171. The molecule has 3 aliphatic heterocycles. The highest BCUT2D eigenvalue weighted by atomic mass is 19.1. The van der Waals surface area contributed by atoms with Crippen molar-refractivity contribution in [3.63, 3.8) is 0 Å². The first-order valence-electron chi connectivity index (χ1n) is 12.0. The highest BCUT2D eigenvalue weighted by Crippen LogP contribution is 2.70. The van der Waals surface area contributed by atoms with Gasteiger partial charge in [-0.25, -0.2) is 4.39 Å². The van der Waals surface area contributed by atoms with Gasteiger partial charge in [0.1, 0.15) is 17.5 Å². The van der Waals surface area contributed by atoms with Gasteiger partial charge < -0.3 is 14.4 Å². The number of rotatable bonds is 3. The monoisotopic (exact) mass is 428 g/mol. The van der Waals surface area contributed by atoms with Crippen molar-refractivity contribution in [1.82, 2.24) is 4.90 Å². The largest absolute Gasteiger partial charge is 0.462 e. The summed E-state index contributed by atoms with van der Waals surface area (Å²) in [5, 5.41) is 0. The van der Waals surface area contributed by atoms with Crippen LogP contribution in [0.2, 0.25) is 0 Å². The smallest absolute Gasteiger partial charge is 0.311 e. The highest BCUT2D eigenvalue weighted by molar-refractivity contribution is 5.76. The van der Waals surface area contributed by atoms with Gasteiger partial charge >= 0.3 is 5.97 Å². The van der Waals surface area contributed by atoms with Gasteiger partial charge in [0, 0.05) is 49.7 Å². The number of carbonyl (C=O) groups excluding carboxylic acids is 1. The molecule has 1 unspecified atom stereocenters. The average molecular weight is 429 g/mol. The maximum atomic E-state index is 13.2. The van der Waals surface area contributed by atoms with Gasteiger partial charge in [-0.05, 0) is 49.4 Å². The van der Waals surface area contributed by atoms with Crippen LogP contribution in [0.4, 0.5) is 10.1 Å². The Bertz CT molecular complexity index is 870. The summed E-state index contributed by atoms with van der Waals surface area (Å²) in [4.78, 5) is 17.6. The van der Waals surface area contributed by atoms with E-state index in [1.165, 1.54) is 31.4 Å². The molecule has 3 saturated heterocycles. The molecule has 3 heterocycles. The van der Waals surface area contributed by atoms with Gasteiger partial charge in [0.05, 0.1) is 12.0 Å². The van der Waals surface area contributed by atoms with Crippen molar-refractivity contribution in [3.05, 3.63) is 30.1 Å². The minimum Gasteiger partial charge on any atom is -0.462 e. The number of piperazine rings is 1. The molecule has 2 saturated carbocycles. The maximum Gasteiger partial charge on any atom is 0.311 e. The van der Waals surface area contributed by atoms with E-state index >= 15 is 0 Å². The van der Waals surface area contributed by atoms with E-state index in [9.17, 15) is 9.18 Å². The van der Waals surface area contributed by atoms with Crippen LogP contribution >= 0.6 is 0 Å². The molecule has 5 nitrogen and oxygen atoms in total. The van der Waals surface area contributed by atoms with E-state index in [0.29, 0.717) is 5.92 Å². The fourth-order valence-corrected chi connectivity index (χ4v) is 7.56. The molecular weight excluding hydrogens is 395 g/mol. The van der Waals surface area contributed by atoms with Gasteiger partial charge in [-0.3, -0.25) is 9.69 Å². The molecule has 1 aromatic rings. The molecule has 7 atom stereocenters. The van der Waals surface area contributed by atoms with Crippen molar-refractivity contribution in [1.29, 1.82) is 0 Å². The number of fused-ring (bicyclic) bond motifs is 2. The van der Waals surface area contributed by atoms with Crippen LogP contribution in [0.15, 0.2) is 24.3 Å². The summed E-state index contributed by atoms with van der Waals surface area (Å²) in [5.74, 6) is 0.471. The first-order valence-corrected chi connectivity index (χ1v) is 12.0. The van der Waals surface area contributed by atoms with Crippen molar-refractivity contribution < 1.29 is 18.7 Å². The van der Waals surface area contributed by atoms with Crippen LogP contribution in [0.25, 0.3) is 0 Å².